The molecule has 0 atom stereocenters. The average Bonchev–Trinajstić information content (AvgIpc) is 2.78. The van der Waals surface area contributed by atoms with Gasteiger partial charge < -0.3 is 10.2 Å². The van der Waals surface area contributed by atoms with E-state index >= 15 is 0 Å². The molecule has 0 spiro atoms. The molecule has 3 heteroatoms. The van der Waals surface area contributed by atoms with Crippen molar-refractivity contribution in [3.63, 3.8) is 0 Å². The molecule has 0 aliphatic carbocycles. The van der Waals surface area contributed by atoms with E-state index in [9.17, 15) is 0 Å². The van der Waals surface area contributed by atoms with Crippen LogP contribution in [-0.4, -0.2) is 23.6 Å². The molecule has 0 saturated carbocycles. The first kappa shape index (κ1) is 15.3. The fourth-order valence-corrected chi connectivity index (χ4v) is 3.00. The highest BCUT2D eigenvalue weighted by atomic mass is 15.3. The van der Waals surface area contributed by atoms with Gasteiger partial charge in [-0.25, -0.2) is 4.98 Å². The van der Waals surface area contributed by atoms with Crippen LogP contribution in [0.15, 0.2) is 12.1 Å². The van der Waals surface area contributed by atoms with Crippen LogP contribution in [0.4, 0.5) is 5.82 Å². The Hall–Kier alpha value is -1.09. The van der Waals surface area contributed by atoms with Crippen LogP contribution in [0.25, 0.3) is 0 Å². The molecule has 2 rings (SSSR count). The summed E-state index contributed by atoms with van der Waals surface area (Å²) in [5.74, 6) is 1.17. The van der Waals surface area contributed by atoms with Crippen LogP contribution >= 0.6 is 0 Å². The molecule has 0 radical (unpaired) electrons. The van der Waals surface area contributed by atoms with Gasteiger partial charge in [-0.3, -0.25) is 0 Å². The second-order valence-electron chi connectivity index (χ2n) is 6.42. The number of anilines is 1. The number of nitrogens with zero attached hydrogens (tertiary/aromatic N) is 2. The van der Waals surface area contributed by atoms with E-state index in [1.54, 1.807) is 0 Å². The molecule has 1 aliphatic heterocycles. The maximum Gasteiger partial charge on any atom is 0.129 e. The van der Waals surface area contributed by atoms with Gasteiger partial charge in [-0.05, 0) is 63.8 Å². The Bertz CT molecular complexity index is 440. The number of hydrogen-bond donors (Lipinski definition) is 1. The predicted octanol–water partition coefficient (Wildman–Crippen LogP) is 3.52. The standard InChI is InChI=1S/C17H29N3/c1-5-9-18-13-14-11-15(6-2)19-16(12-14)20-10-7-8-17(20,3)4/h11-12,18H,5-10,13H2,1-4H3. The maximum absolute atomic E-state index is 4.86. The van der Waals surface area contributed by atoms with E-state index in [0.29, 0.717) is 0 Å². The van der Waals surface area contributed by atoms with E-state index in [0.717, 1.165) is 26.1 Å². The van der Waals surface area contributed by atoms with Crippen LogP contribution in [0.1, 0.15) is 58.2 Å². The summed E-state index contributed by atoms with van der Waals surface area (Å²) in [6.07, 6.45) is 4.71. The van der Waals surface area contributed by atoms with E-state index in [4.69, 9.17) is 4.98 Å². The Morgan fingerprint density at radius 2 is 2.10 bits per heavy atom. The zero-order valence-electron chi connectivity index (χ0n) is 13.5. The van der Waals surface area contributed by atoms with Gasteiger partial charge in [-0.1, -0.05) is 13.8 Å². The third-order valence-corrected chi connectivity index (χ3v) is 4.22. The third-order valence-electron chi connectivity index (χ3n) is 4.22. The zero-order chi connectivity index (χ0) is 14.6. The van der Waals surface area contributed by atoms with Crippen molar-refractivity contribution in [2.75, 3.05) is 18.0 Å². The Balaban J connectivity index is 2.21. The van der Waals surface area contributed by atoms with Crippen molar-refractivity contribution in [2.24, 2.45) is 0 Å². The molecule has 2 heterocycles. The van der Waals surface area contributed by atoms with Crippen molar-refractivity contribution in [1.29, 1.82) is 0 Å². The first-order valence-electron chi connectivity index (χ1n) is 8.05. The highest BCUT2D eigenvalue weighted by Gasteiger charge is 2.32. The van der Waals surface area contributed by atoms with E-state index in [2.05, 4.69) is 50.0 Å². The van der Waals surface area contributed by atoms with Crippen LogP contribution in [0.2, 0.25) is 0 Å². The molecule has 1 aliphatic rings. The highest BCUT2D eigenvalue weighted by Crippen LogP contribution is 2.33. The summed E-state index contributed by atoms with van der Waals surface area (Å²) in [6, 6.07) is 4.52. The lowest BCUT2D eigenvalue weighted by molar-refractivity contribution is 0.513. The monoisotopic (exact) mass is 275 g/mol. The smallest absolute Gasteiger partial charge is 0.129 e. The predicted molar refractivity (Wildman–Crippen MR) is 86.3 cm³/mol. The Labute approximate surface area is 123 Å². The van der Waals surface area contributed by atoms with Crippen LogP contribution in [-0.2, 0) is 13.0 Å². The third kappa shape index (κ3) is 3.51. The fraction of sp³-hybridized carbons (Fsp3) is 0.706. The van der Waals surface area contributed by atoms with Gasteiger partial charge in [0, 0.05) is 24.3 Å². The lowest BCUT2D eigenvalue weighted by Gasteiger charge is -2.33. The number of nitrogens with one attached hydrogen (secondary N) is 1. The normalized spacial score (nSPS) is 17.7. The second kappa shape index (κ2) is 6.57. The van der Waals surface area contributed by atoms with Crippen LogP contribution in [0.5, 0.6) is 0 Å². The minimum Gasteiger partial charge on any atom is -0.351 e. The molecule has 112 valence electrons. The lowest BCUT2D eigenvalue weighted by atomic mass is 10.0. The highest BCUT2D eigenvalue weighted by molar-refractivity contribution is 5.46. The van der Waals surface area contributed by atoms with Gasteiger partial charge in [0.2, 0.25) is 0 Å². The maximum atomic E-state index is 4.86. The van der Waals surface area contributed by atoms with Crippen molar-refractivity contribution < 1.29 is 0 Å². The summed E-state index contributed by atoms with van der Waals surface area (Å²) >= 11 is 0. The molecular formula is C17H29N3. The largest absolute Gasteiger partial charge is 0.351 e. The van der Waals surface area contributed by atoms with Crippen molar-refractivity contribution >= 4 is 5.82 Å². The van der Waals surface area contributed by atoms with Gasteiger partial charge in [0.1, 0.15) is 5.82 Å². The van der Waals surface area contributed by atoms with E-state index in [-0.39, 0.29) is 5.54 Å². The summed E-state index contributed by atoms with van der Waals surface area (Å²) in [7, 11) is 0. The summed E-state index contributed by atoms with van der Waals surface area (Å²) in [5, 5.41) is 3.49. The second-order valence-corrected chi connectivity index (χ2v) is 6.42. The lowest BCUT2D eigenvalue weighted by Crippen LogP contribution is -2.38. The Morgan fingerprint density at radius 3 is 2.70 bits per heavy atom. The van der Waals surface area contributed by atoms with Crippen molar-refractivity contribution in [2.45, 2.75) is 65.5 Å². The zero-order valence-corrected chi connectivity index (χ0v) is 13.5. The molecule has 1 saturated heterocycles. The van der Waals surface area contributed by atoms with Crippen molar-refractivity contribution in [3.8, 4) is 0 Å². The molecule has 0 bridgehead atoms. The van der Waals surface area contributed by atoms with Crippen LogP contribution in [0, 0.1) is 0 Å². The Kier molecular flexibility index (Phi) is 5.03. The molecule has 1 aromatic heterocycles. The summed E-state index contributed by atoms with van der Waals surface area (Å²) in [6.45, 7) is 12.2. The average molecular weight is 275 g/mol. The molecule has 1 aromatic rings. The topological polar surface area (TPSA) is 28.2 Å². The first-order valence-corrected chi connectivity index (χ1v) is 8.05. The Morgan fingerprint density at radius 1 is 1.30 bits per heavy atom. The van der Waals surface area contributed by atoms with Crippen LogP contribution in [0.3, 0.4) is 0 Å². The minimum atomic E-state index is 0.244. The number of aryl methyl sites for hydroxylation is 1. The summed E-state index contributed by atoms with van der Waals surface area (Å²) < 4.78 is 0. The van der Waals surface area contributed by atoms with Gasteiger partial charge in [0.25, 0.3) is 0 Å². The number of aromatic nitrogens is 1. The molecule has 3 nitrogen and oxygen atoms in total. The van der Waals surface area contributed by atoms with Gasteiger partial charge in [0.15, 0.2) is 0 Å². The molecule has 1 fully saturated rings. The first-order chi connectivity index (χ1) is 9.56. The fourth-order valence-electron chi connectivity index (χ4n) is 3.00. The number of rotatable bonds is 6. The van der Waals surface area contributed by atoms with Crippen LogP contribution < -0.4 is 10.2 Å². The van der Waals surface area contributed by atoms with Gasteiger partial charge >= 0.3 is 0 Å². The molecule has 0 unspecified atom stereocenters. The van der Waals surface area contributed by atoms with E-state index in [1.165, 1.54) is 36.3 Å². The molecule has 20 heavy (non-hydrogen) atoms. The summed E-state index contributed by atoms with van der Waals surface area (Å²) in [5.41, 5.74) is 2.81. The van der Waals surface area contributed by atoms with Gasteiger partial charge in [-0.2, -0.15) is 0 Å². The molecule has 0 amide bonds. The van der Waals surface area contributed by atoms with E-state index < -0.39 is 0 Å². The number of pyridine rings is 1. The minimum absolute atomic E-state index is 0.244. The summed E-state index contributed by atoms with van der Waals surface area (Å²) in [4.78, 5) is 7.34. The SMILES string of the molecule is CCCNCc1cc(CC)nc(N2CCCC2(C)C)c1. The quantitative estimate of drug-likeness (QED) is 0.805. The number of hydrogen-bond acceptors (Lipinski definition) is 3. The molecular weight excluding hydrogens is 246 g/mol. The molecule has 1 N–H and O–H groups in total. The van der Waals surface area contributed by atoms with Gasteiger partial charge in [-0.15, -0.1) is 0 Å². The molecule has 0 aromatic carbocycles. The van der Waals surface area contributed by atoms with Crippen molar-refractivity contribution in [1.82, 2.24) is 10.3 Å². The van der Waals surface area contributed by atoms with E-state index in [1.807, 2.05) is 0 Å². The van der Waals surface area contributed by atoms with Crippen molar-refractivity contribution in [3.05, 3.63) is 23.4 Å². The van der Waals surface area contributed by atoms with Gasteiger partial charge in [0.05, 0.1) is 0 Å².